The van der Waals surface area contributed by atoms with E-state index in [1.54, 1.807) is 11.8 Å². The van der Waals surface area contributed by atoms with Crippen molar-refractivity contribution in [3.63, 3.8) is 0 Å². The Kier molecular flexibility index (Phi) is 7.80. The Hall–Kier alpha value is -4.93. The normalized spacial score (nSPS) is 18.7. The lowest BCUT2D eigenvalue weighted by molar-refractivity contribution is 0.0919. The monoisotopic (exact) mass is 673 g/mol. The molecule has 2 amide bonds. The predicted octanol–water partition coefficient (Wildman–Crippen LogP) is 7.29. The first-order valence-electron chi connectivity index (χ1n) is 16.8. The van der Waals surface area contributed by atoms with Crippen LogP contribution in [0, 0.1) is 4.78 Å². The molecule has 1 aliphatic heterocycles. The zero-order chi connectivity index (χ0) is 33.8. The smallest absolute Gasteiger partial charge is 0.336 e. The van der Waals surface area contributed by atoms with Crippen LogP contribution in [-0.4, -0.2) is 44.1 Å². The van der Waals surface area contributed by atoms with Gasteiger partial charge in [-0.15, -0.1) is 0 Å². The molecular weight excluding hydrogens is 635 g/mol. The van der Waals surface area contributed by atoms with Crippen LogP contribution in [0.4, 0.5) is 10.5 Å². The van der Waals surface area contributed by atoms with E-state index in [1.807, 2.05) is 91.0 Å². The fourth-order valence-electron chi connectivity index (χ4n) is 8.06. The highest BCUT2D eigenvalue weighted by Gasteiger charge is 2.52. The van der Waals surface area contributed by atoms with Gasteiger partial charge in [0.15, 0.2) is 9.92 Å². The van der Waals surface area contributed by atoms with Gasteiger partial charge in [-0.1, -0.05) is 104 Å². The summed E-state index contributed by atoms with van der Waals surface area (Å²) in [6, 6.07) is 30.4. The van der Waals surface area contributed by atoms with E-state index in [2.05, 4.69) is 23.4 Å². The minimum absolute atomic E-state index is 0.0353. The fourth-order valence-corrected chi connectivity index (χ4v) is 9.82. The molecule has 2 unspecified atom stereocenters. The SMILES string of the molecule is COCC1Cn2ncc(S(=N)(=O)N(C(=O)Nc3c4c(cc5c3[C@@H](C)C5)CCC4)C(c3ccccc3)(c3ccccc3)c3ccccc3)c2O1. The number of hydrogen-bond acceptors (Lipinski definition) is 6. The molecule has 250 valence electrons. The molecule has 1 aromatic heterocycles. The Bertz CT molecular complexity index is 2030. The van der Waals surface area contributed by atoms with Gasteiger partial charge in [0.2, 0.25) is 5.88 Å². The summed E-state index contributed by atoms with van der Waals surface area (Å²) in [5.74, 6) is 0.485. The van der Waals surface area contributed by atoms with Crippen LogP contribution in [0.2, 0.25) is 0 Å². The van der Waals surface area contributed by atoms with E-state index in [4.69, 9.17) is 9.47 Å². The minimum atomic E-state index is -4.20. The van der Waals surface area contributed by atoms with E-state index in [-0.39, 0.29) is 22.8 Å². The topological polar surface area (TPSA) is 110 Å². The predicted molar refractivity (Wildman–Crippen MR) is 188 cm³/mol. The van der Waals surface area contributed by atoms with Crippen LogP contribution in [0.25, 0.3) is 0 Å². The highest BCUT2D eigenvalue weighted by atomic mass is 32.2. The lowest BCUT2D eigenvalue weighted by atomic mass is 9.75. The molecule has 2 heterocycles. The third-order valence-electron chi connectivity index (χ3n) is 10.2. The number of nitrogens with one attached hydrogen (secondary N) is 2. The summed E-state index contributed by atoms with van der Waals surface area (Å²) in [7, 11) is -2.61. The van der Waals surface area contributed by atoms with Crippen LogP contribution in [0.5, 0.6) is 5.88 Å². The number of ether oxygens (including phenoxy) is 2. The Labute approximate surface area is 287 Å². The number of nitrogens with zero attached hydrogens (tertiary/aromatic N) is 3. The summed E-state index contributed by atoms with van der Waals surface area (Å²) in [5, 5.41) is 7.80. The highest BCUT2D eigenvalue weighted by Crippen LogP contribution is 2.49. The number of carbonyl (C=O) groups is 1. The van der Waals surface area contributed by atoms with Gasteiger partial charge in [-0.25, -0.2) is 22.8 Å². The number of anilines is 1. The molecule has 0 bridgehead atoms. The molecule has 4 aromatic carbocycles. The molecule has 0 saturated heterocycles. The summed E-state index contributed by atoms with van der Waals surface area (Å²) in [5.41, 5.74) is 6.11. The van der Waals surface area contributed by atoms with E-state index in [9.17, 15) is 4.78 Å². The number of aryl methyl sites for hydroxylation is 1. The summed E-state index contributed by atoms with van der Waals surface area (Å²) in [6.07, 6.45) is 4.83. The lowest BCUT2D eigenvalue weighted by Gasteiger charge is -2.45. The molecule has 0 fully saturated rings. The molecule has 0 saturated carbocycles. The van der Waals surface area contributed by atoms with Crippen LogP contribution in [-0.2, 0) is 46.0 Å². The number of methoxy groups -OCH3 is 1. The van der Waals surface area contributed by atoms with Gasteiger partial charge in [0.25, 0.3) is 0 Å². The molecular formula is C39H39N5O4S. The maximum Gasteiger partial charge on any atom is 0.336 e. The number of rotatable bonds is 9. The van der Waals surface area contributed by atoms with Crippen LogP contribution in [0.1, 0.15) is 58.2 Å². The highest BCUT2D eigenvalue weighted by molar-refractivity contribution is 7.90. The molecule has 0 radical (unpaired) electrons. The third kappa shape index (κ3) is 4.96. The van der Waals surface area contributed by atoms with Crippen LogP contribution in [0.3, 0.4) is 0 Å². The van der Waals surface area contributed by atoms with E-state index in [0.717, 1.165) is 42.5 Å². The van der Waals surface area contributed by atoms with Crippen molar-refractivity contribution in [1.29, 1.82) is 4.78 Å². The van der Waals surface area contributed by atoms with Crippen molar-refractivity contribution in [2.75, 3.05) is 19.0 Å². The van der Waals surface area contributed by atoms with Gasteiger partial charge in [-0.2, -0.15) is 5.10 Å². The maximum atomic E-state index is 15.8. The van der Waals surface area contributed by atoms with Crippen molar-refractivity contribution in [2.24, 2.45) is 0 Å². The largest absolute Gasteiger partial charge is 0.469 e. The van der Waals surface area contributed by atoms with E-state index >= 15 is 9.00 Å². The van der Waals surface area contributed by atoms with Crippen LogP contribution < -0.4 is 10.1 Å². The maximum absolute atomic E-state index is 15.8. The molecule has 0 spiro atoms. The molecule has 49 heavy (non-hydrogen) atoms. The van der Waals surface area contributed by atoms with E-state index in [1.165, 1.54) is 21.6 Å². The number of hydrogen-bond donors (Lipinski definition) is 2. The van der Waals surface area contributed by atoms with Gasteiger partial charge < -0.3 is 14.8 Å². The number of carbonyl (C=O) groups excluding carboxylic acids is 1. The molecule has 3 atom stereocenters. The van der Waals surface area contributed by atoms with Crippen molar-refractivity contribution < 1.29 is 18.5 Å². The first-order valence-corrected chi connectivity index (χ1v) is 18.3. The van der Waals surface area contributed by atoms with Gasteiger partial charge in [0, 0.05) is 12.8 Å². The lowest BCUT2D eigenvalue weighted by Crippen LogP contribution is -2.55. The molecule has 2 aliphatic carbocycles. The van der Waals surface area contributed by atoms with Gasteiger partial charge in [0.1, 0.15) is 16.5 Å². The average molecular weight is 674 g/mol. The first kappa shape index (κ1) is 31.3. The Morgan fingerprint density at radius 3 is 2.18 bits per heavy atom. The van der Waals surface area contributed by atoms with Crippen molar-refractivity contribution in [3.8, 4) is 5.88 Å². The quantitative estimate of drug-likeness (QED) is 0.160. The van der Waals surface area contributed by atoms with Gasteiger partial charge in [0.05, 0.1) is 19.3 Å². The Balaban J connectivity index is 1.40. The van der Waals surface area contributed by atoms with Gasteiger partial charge >= 0.3 is 6.03 Å². The number of benzene rings is 4. The molecule has 9 nitrogen and oxygen atoms in total. The third-order valence-corrected chi connectivity index (χ3v) is 12.0. The van der Waals surface area contributed by atoms with Gasteiger partial charge in [-0.3, -0.25) is 0 Å². The Morgan fingerprint density at radius 2 is 1.61 bits per heavy atom. The van der Waals surface area contributed by atoms with Crippen molar-refractivity contribution in [1.82, 2.24) is 14.1 Å². The summed E-state index contributed by atoms with van der Waals surface area (Å²) in [4.78, 5) is 15.5. The number of amides is 2. The average Bonchev–Trinajstić information content (AvgIpc) is 3.84. The number of aromatic nitrogens is 2. The summed E-state index contributed by atoms with van der Waals surface area (Å²) in [6.45, 7) is 2.86. The second-order valence-electron chi connectivity index (χ2n) is 13.2. The van der Waals surface area contributed by atoms with E-state index < -0.39 is 21.5 Å². The van der Waals surface area contributed by atoms with Gasteiger partial charge in [-0.05, 0) is 70.5 Å². The second-order valence-corrected chi connectivity index (χ2v) is 15.0. The van der Waals surface area contributed by atoms with Crippen molar-refractivity contribution in [2.45, 2.75) is 61.6 Å². The standard InChI is InChI=1S/C39H39N5O4S/c1-26-21-28-22-27-13-12-20-33(27)36(35(26)28)42-38(45)44(49(40,46)34-23-41-43-24-32(25-47-2)48-37(34)43)39(29-14-6-3-7-15-29,30-16-8-4-9-17-30)31-18-10-5-11-19-31/h3-11,14-19,22-23,26,32,40H,12-13,20-21,24-25H2,1-2H3,(H,42,45)/t26-,32?,49?/m0/s1. The minimum Gasteiger partial charge on any atom is -0.469 e. The molecule has 10 heteroatoms. The molecule has 3 aliphatic rings. The molecule has 8 rings (SSSR count). The number of fused-ring (bicyclic) bond motifs is 3. The van der Waals surface area contributed by atoms with E-state index in [0.29, 0.717) is 29.8 Å². The van der Waals surface area contributed by atoms with Crippen LogP contribution >= 0.6 is 0 Å². The summed E-state index contributed by atoms with van der Waals surface area (Å²) < 4.78 is 40.2. The first-order chi connectivity index (χ1) is 23.8. The molecule has 5 aromatic rings. The Morgan fingerprint density at radius 1 is 1.00 bits per heavy atom. The fraction of sp³-hybridized carbons (Fsp3) is 0.282. The molecule has 2 N–H and O–H groups in total. The summed E-state index contributed by atoms with van der Waals surface area (Å²) >= 11 is 0. The zero-order valence-corrected chi connectivity index (χ0v) is 28.4. The van der Waals surface area contributed by atoms with Crippen molar-refractivity contribution in [3.05, 3.63) is 142 Å². The second kappa shape index (κ2) is 12.2. The zero-order valence-electron chi connectivity index (χ0n) is 27.6. The number of urea groups is 1. The van der Waals surface area contributed by atoms with Crippen molar-refractivity contribution >= 4 is 21.6 Å². The van der Waals surface area contributed by atoms with Crippen LogP contribution in [0.15, 0.2) is 108 Å².